The van der Waals surface area contributed by atoms with Gasteiger partial charge in [-0.15, -0.1) is 0 Å². The molecule has 1 aliphatic heterocycles. The standard InChI is InChI=1S/C17H21ClN4O3S2/c1-17(2)15(23)22(12-7-8-14(20-3)13(18)11-12)16(26)21(17)9-5-4-6-10-27(19,24)25/h7-8,11H,4-6,9-10H2,1-2H3,(H2,19,24,25). The molecule has 2 rings (SSSR count). The molecule has 10 heteroatoms. The van der Waals surface area contributed by atoms with Crippen LogP contribution in [0.15, 0.2) is 18.2 Å². The second-order valence-electron chi connectivity index (χ2n) is 6.81. The first-order valence-corrected chi connectivity index (χ1v) is 10.8. The van der Waals surface area contributed by atoms with E-state index < -0.39 is 15.6 Å². The fourth-order valence-electron chi connectivity index (χ4n) is 2.91. The predicted molar refractivity (Wildman–Crippen MR) is 110 cm³/mol. The number of unbranched alkanes of at least 4 members (excludes halogenated alkanes) is 2. The summed E-state index contributed by atoms with van der Waals surface area (Å²) in [6, 6.07) is 4.77. The number of nitrogens with two attached hydrogens (primary N) is 1. The van der Waals surface area contributed by atoms with E-state index in [-0.39, 0.29) is 16.7 Å². The molecule has 0 bridgehead atoms. The first-order chi connectivity index (χ1) is 12.5. The highest BCUT2D eigenvalue weighted by Gasteiger charge is 2.49. The zero-order chi connectivity index (χ0) is 20.4. The van der Waals surface area contributed by atoms with Gasteiger partial charge in [0.1, 0.15) is 5.54 Å². The van der Waals surface area contributed by atoms with Gasteiger partial charge in [0.05, 0.1) is 18.0 Å². The fourth-order valence-corrected chi connectivity index (χ4v) is 4.25. The summed E-state index contributed by atoms with van der Waals surface area (Å²) in [5, 5.41) is 5.62. The van der Waals surface area contributed by atoms with Gasteiger partial charge in [-0.3, -0.25) is 9.69 Å². The van der Waals surface area contributed by atoms with Gasteiger partial charge in [-0.25, -0.2) is 18.4 Å². The van der Waals surface area contributed by atoms with Crippen LogP contribution in [0, 0.1) is 6.57 Å². The van der Waals surface area contributed by atoms with Crippen LogP contribution < -0.4 is 10.0 Å². The third-order valence-corrected chi connectivity index (χ3v) is 6.01. The van der Waals surface area contributed by atoms with Gasteiger partial charge in [-0.1, -0.05) is 24.1 Å². The Morgan fingerprint density at radius 3 is 2.52 bits per heavy atom. The molecule has 1 heterocycles. The molecule has 0 atom stereocenters. The van der Waals surface area contributed by atoms with E-state index in [0.29, 0.717) is 42.3 Å². The van der Waals surface area contributed by atoms with Crippen LogP contribution in [0.1, 0.15) is 33.1 Å². The summed E-state index contributed by atoms with van der Waals surface area (Å²) >= 11 is 11.6. The highest BCUT2D eigenvalue weighted by atomic mass is 35.5. The lowest BCUT2D eigenvalue weighted by molar-refractivity contribution is -0.123. The van der Waals surface area contributed by atoms with Crippen LogP contribution in [0.4, 0.5) is 11.4 Å². The summed E-state index contributed by atoms with van der Waals surface area (Å²) in [6.45, 7) is 11.2. The smallest absolute Gasteiger partial charge is 0.258 e. The molecule has 146 valence electrons. The van der Waals surface area contributed by atoms with E-state index in [1.54, 1.807) is 32.0 Å². The monoisotopic (exact) mass is 428 g/mol. The van der Waals surface area contributed by atoms with Crippen LogP contribution in [-0.2, 0) is 14.8 Å². The van der Waals surface area contributed by atoms with E-state index in [1.165, 1.54) is 4.90 Å². The number of primary sulfonamides is 1. The first-order valence-electron chi connectivity index (χ1n) is 8.32. The fraction of sp³-hybridized carbons (Fsp3) is 0.471. The number of sulfonamides is 1. The zero-order valence-corrected chi connectivity index (χ0v) is 17.5. The SMILES string of the molecule is [C-]#[N+]c1ccc(N2C(=O)C(C)(C)N(CCCCCS(N)(=O)=O)C2=S)cc1Cl. The van der Waals surface area contributed by atoms with Crippen molar-refractivity contribution in [2.24, 2.45) is 5.14 Å². The first kappa shape index (κ1) is 21.6. The zero-order valence-electron chi connectivity index (χ0n) is 15.1. The van der Waals surface area contributed by atoms with Gasteiger partial charge in [0.25, 0.3) is 5.91 Å². The Morgan fingerprint density at radius 1 is 1.30 bits per heavy atom. The third kappa shape index (κ3) is 4.76. The number of thiocarbonyl (C=S) groups is 1. The Kier molecular flexibility index (Phi) is 6.47. The molecule has 0 unspecified atom stereocenters. The van der Waals surface area contributed by atoms with Crippen LogP contribution >= 0.6 is 23.8 Å². The Labute approximate surface area is 169 Å². The Balaban J connectivity index is 2.13. The van der Waals surface area contributed by atoms with Gasteiger partial charge < -0.3 is 4.90 Å². The average Bonchev–Trinajstić information content (AvgIpc) is 2.72. The molecule has 1 fully saturated rings. The number of halogens is 1. The maximum absolute atomic E-state index is 12.9. The van der Waals surface area contributed by atoms with Gasteiger partial charge >= 0.3 is 0 Å². The molecule has 7 nitrogen and oxygen atoms in total. The molecule has 0 saturated carbocycles. The molecule has 0 aliphatic carbocycles. The van der Waals surface area contributed by atoms with Crippen LogP contribution in [0.25, 0.3) is 4.85 Å². The number of benzene rings is 1. The molecule has 27 heavy (non-hydrogen) atoms. The number of hydrogen-bond donors (Lipinski definition) is 1. The van der Waals surface area contributed by atoms with Crippen LogP contribution in [0.2, 0.25) is 5.02 Å². The highest BCUT2D eigenvalue weighted by molar-refractivity contribution is 7.89. The van der Waals surface area contributed by atoms with Crippen LogP contribution in [0.3, 0.4) is 0 Å². The number of amides is 1. The van der Waals surface area contributed by atoms with Crippen molar-refractivity contribution in [3.05, 3.63) is 34.6 Å². The lowest BCUT2D eigenvalue weighted by Gasteiger charge is -2.29. The largest absolute Gasteiger partial charge is 0.334 e. The van der Waals surface area contributed by atoms with E-state index in [1.807, 2.05) is 4.90 Å². The summed E-state index contributed by atoms with van der Waals surface area (Å²) in [4.78, 5) is 19.5. The Bertz CT molecular complexity index is 909. The van der Waals surface area contributed by atoms with Crippen LogP contribution in [-0.4, -0.2) is 42.2 Å². The normalized spacial score (nSPS) is 16.7. The molecule has 1 aliphatic rings. The minimum Gasteiger partial charge on any atom is -0.334 e. The Morgan fingerprint density at radius 2 is 1.96 bits per heavy atom. The molecular formula is C17H21ClN4O3S2. The number of hydrogen-bond acceptors (Lipinski definition) is 4. The summed E-state index contributed by atoms with van der Waals surface area (Å²) < 4.78 is 22.0. The maximum Gasteiger partial charge on any atom is 0.258 e. The Hall–Kier alpha value is -1.73. The van der Waals surface area contributed by atoms with Crippen LogP contribution in [0.5, 0.6) is 0 Å². The number of nitrogens with zero attached hydrogens (tertiary/aromatic N) is 3. The van der Waals surface area contributed by atoms with Crippen molar-refractivity contribution in [2.75, 3.05) is 17.2 Å². The number of carbonyl (C=O) groups excluding carboxylic acids is 1. The lowest BCUT2D eigenvalue weighted by atomic mass is 10.0. The number of anilines is 1. The van der Waals surface area contributed by atoms with Gasteiger partial charge in [0.15, 0.2) is 5.11 Å². The quantitative estimate of drug-likeness (QED) is 0.409. The summed E-state index contributed by atoms with van der Waals surface area (Å²) in [5.74, 6) is -0.235. The van der Waals surface area contributed by atoms with Gasteiger partial charge in [0.2, 0.25) is 15.7 Å². The summed E-state index contributed by atoms with van der Waals surface area (Å²) in [7, 11) is -3.46. The van der Waals surface area contributed by atoms with Crippen molar-refractivity contribution in [1.29, 1.82) is 0 Å². The van der Waals surface area contributed by atoms with E-state index in [0.717, 1.165) is 0 Å². The average molecular weight is 429 g/mol. The molecule has 0 aromatic heterocycles. The molecular weight excluding hydrogens is 408 g/mol. The molecule has 0 spiro atoms. The topological polar surface area (TPSA) is 88.1 Å². The van der Waals surface area contributed by atoms with Gasteiger partial charge in [0, 0.05) is 11.6 Å². The van der Waals surface area contributed by atoms with Gasteiger partial charge in [-0.05, 0) is 51.0 Å². The molecule has 1 aromatic rings. The molecule has 1 aromatic carbocycles. The van der Waals surface area contributed by atoms with Crippen molar-refractivity contribution in [3.8, 4) is 0 Å². The lowest BCUT2D eigenvalue weighted by Crippen LogP contribution is -2.44. The number of rotatable bonds is 7. The second-order valence-corrected chi connectivity index (χ2v) is 9.32. The minimum atomic E-state index is -3.46. The van der Waals surface area contributed by atoms with Crippen molar-refractivity contribution in [3.63, 3.8) is 0 Å². The van der Waals surface area contributed by atoms with Gasteiger partial charge in [-0.2, -0.15) is 0 Å². The minimum absolute atomic E-state index is 0.0577. The van der Waals surface area contributed by atoms with E-state index in [2.05, 4.69) is 4.85 Å². The summed E-state index contributed by atoms with van der Waals surface area (Å²) in [5.41, 5.74) is -0.00160. The predicted octanol–water partition coefficient (Wildman–Crippen LogP) is 3.06. The molecule has 0 radical (unpaired) electrons. The van der Waals surface area contributed by atoms with E-state index in [9.17, 15) is 13.2 Å². The molecule has 1 amide bonds. The van der Waals surface area contributed by atoms with Crippen molar-refractivity contribution >= 4 is 56.2 Å². The maximum atomic E-state index is 12.9. The van der Waals surface area contributed by atoms with E-state index in [4.69, 9.17) is 35.5 Å². The second kappa shape index (κ2) is 8.10. The molecule has 1 saturated heterocycles. The van der Waals surface area contributed by atoms with Crippen molar-refractivity contribution in [2.45, 2.75) is 38.6 Å². The summed E-state index contributed by atoms with van der Waals surface area (Å²) in [6.07, 6.45) is 1.80. The third-order valence-electron chi connectivity index (χ3n) is 4.44. The number of carbonyl (C=O) groups is 1. The van der Waals surface area contributed by atoms with E-state index >= 15 is 0 Å². The molecule has 2 N–H and O–H groups in total. The van der Waals surface area contributed by atoms with Crippen molar-refractivity contribution in [1.82, 2.24) is 4.90 Å². The van der Waals surface area contributed by atoms with Crippen molar-refractivity contribution < 1.29 is 13.2 Å². The highest BCUT2D eigenvalue weighted by Crippen LogP contribution is 2.36.